The van der Waals surface area contributed by atoms with Gasteiger partial charge >= 0.3 is 0 Å². The topological polar surface area (TPSA) is 6.48 Å². The fourth-order valence-corrected chi connectivity index (χ4v) is 3.66. The van der Waals surface area contributed by atoms with E-state index < -0.39 is 0 Å². The molecule has 0 spiro atoms. The molecule has 2 aliphatic heterocycles. The average molecular weight is 242 g/mol. The highest BCUT2D eigenvalue weighted by Crippen LogP contribution is 2.11. The lowest BCUT2D eigenvalue weighted by atomic mass is 10.1. The smallest absolute Gasteiger partial charge is 0.00727 e. The fraction of sp³-hybridized carbons (Fsp3) is 1.00. The molecular weight excluding hydrogens is 216 g/mol. The van der Waals surface area contributed by atoms with Crippen LogP contribution in [0.2, 0.25) is 0 Å². The first-order valence-corrected chi connectivity index (χ1v) is 8.13. The Morgan fingerprint density at radius 2 is 1.25 bits per heavy atom. The molecule has 3 heteroatoms. The Hall–Kier alpha value is 0.270. The third-order valence-electron chi connectivity index (χ3n) is 3.75. The minimum atomic E-state index is 1.33. The van der Waals surface area contributed by atoms with Gasteiger partial charge in [-0.15, -0.1) is 0 Å². The highest BCUT2D eigenvalue weighted by molar-refractivity contribution is 7.99. The molecule has 16 heavy (non-hydrogen) atoms. The van der Waals surface area contributed by atoms with E-state index in [-0.39, 0.29) is 0 Å². The molecule has 0 aliphatic carbocycles. The Labute approximate surface area is 105 Å². The zero-order valence-electron chi connectivity index (χ0n) is 10.5. The van der Waals surface area contributed by atoms with E-state index in [2.05, 4.69) is 21.6 Å². The van der Waals surface area contributed by atoms with Gasteiger partial charge in [0.2, 0.25) is 0 Å². The quantitative estimate of drug-likeness (QED) is 0.683. The second-order valence-electron chi connectivity index (χ2n) is 5.06. The number of unbranched alkanes of at least 4 members (excludes halogenated alkanes) is 1. The van der Waals surface area contributed by atoms with Crippen LogP contribution in [0.3, 0.4) is 0 Å². The number of thioether (sulfide) groups is 1. The lowest BCUT2D eigenvalue weighted by Gasteiger charge is -2.28. The van der Waals surface area contributed by atoms with Crippen molar-refractivity contribution in [3.8, 4) is 0 Å². The molecule has 0 atom stereocenters. The summed E-state index contributed by atoms with van der Waals surface area (Å²) in [5.41, 5.74) is 0. The number of rotatable bonds is 5. The molecule has 0 amide bonds. The van der Waals surface area contributed by atoms with E-state index in [0.717, 1.165) is 0 Å². The van der Waals surface area contributed by atoms with Crippen molar-refractivity contribution in [2.75, 3.05) is 50.8 Å². The van der Waals surface area contributed by atoms with Crippen molar-refractivity contribution in [3.05, 3.63) is 0 Å². The minimum Gasteiger partial charge on any atom is -0.303 e. The van der Waals surface area contributed by atoms with Crippen LogP contribution in [-0.4, -0.2) is 60.6 Å². The number of likely N-dealkylation sites (tertiary alicyclic amines) is 1. The maximum Gasteiger partial charge on any atom is 0.00727 e. The molecule has 0 aromatic heterocycles. The summed E-state index contributed by atoms with van der Waals surface area (Å²) < 4.78 is 0. The third-order valence-corrected chi connectivity index (χ3v) is 4.69. The summed E-state index contributed by atoms with van der Waals surface area (Å²) in [4.78, 5) is 5.31. The summed E-state index contributed by atoms with van der Waals surface area (Å²) >= 11 is 2.11. The predicted octanol–water partition coefficient (Wildman–Crippen LogP) is 2.30. The highest BCUT2D eigenvalue weighted by atomic mass is 32.2. The van der Waals surface area contributed by atoms with Crippen LogP contribution < -0.4 is 0 Å². The molecule has 2 rings (SSSR count). The minimum absolute atomic E-state index is 1.33. The van der Waals surface area contributed by atoms with Crippen molar-refractivity contribution < 1.29 is 0 Å². The first kappa shape index (κ1) is 12.7. The molecule has 2 aliphatic rings. The van der Waals surface area contributed by atoms with Crippen molar-refractivity contribution in [1.82, 2.24) is 9.80 Å². The van der Waals surface area contributed by atoms with E-state index in [0.29, 0.717) is 0 Å². The van der Waals surface area contributed by atoms with Crippen LogP contribution in [0.1, 0.15) is 32.1 Å². The van der Waals surface area contributed by atoms with Crippen molar-refractivity contribution in [2.24, 2.45) is 0 Å². The molecule has 0 N–H and O–H groups in total. The molecule has 2 nitrogen and oxygen atoms in total. The zero-order chi connectivity index (χ0) is 11.1. The second kappa shape index (κ2) is 7.57. The van der Waals surface area contributed by atoms with Crippen molar-refractivity contribution in [1.29, 1.82) is 0 Å². The lowest BCUT2D eigenvalue weighted by molar-refractivity contribution is 0.217. The molecule has 0 bridgehead atoms. The second-order valence-corrected chi connectivity index (χ2v) is 6.29. The molecule has 2 heterocycles. The Morgan fingerprint density at radius 3 is 1.88 bits per heavy atom. The van der Waals surface area contributed by atoms with Crippen molar-refractivity contribution in [2.45, 2.75) is 32.1 Å². The normalized spacial score (nSPS) is 24.8. The fourth-order valence-electron chi connectivity index (χ4n) is 2.68. The average Bonchev–Trinajstić information content (AvgIpc) is 2.37. The first-order chi connectivity index (χ1) is 7.95. The molecule has 0 aromatic rings. The van der Waals surface area contributed by atoms with E-state index in [1.54, 1.807) is 0 Å². The predicted molar refractivity (Wildman–Crippen MR) is 73.3 cm³/mol. The SMILES string of the molecule is C1CCN(CCCCN2CCSCC2)CC1. The highest BCUT2D eigenvalue weighted by Gasteiger charge is 2.11. The van der Waals surface area contributed by atoms with Crippen LogP contribution in [0.5, 0.6) is 0 Å². The molecule has 0 radical (unpaired) electrons. The van der Waals surface area contributed by atoms with E-state index in [1.807, 2.05) is 0 Å². The molecule has 2 saturated heterocycles. The summed E-state index contributed by atoms with van der Waals surface area (Å²) in [5.74, 6) is 2.71. The monoisotopic (exact) mass is 242 g/mol. The molecule has 0 unspecified atom stereocenters. The van der Waals surface area contributed by atoms with Gasteiger partial charge in [0.1, 0.15) is 0 Å². The number of nitrogens with zero attached hydrogens (tertiary/aromatic N) is 2. The molecule has 94 valence electrons. The first-order valence-electron chi connectivity index (χ1n) is 6.97. The molecule has 2 fully saturated rings. The van der Waals surface area contributed by atoms with Crippen molar-refractivity contribution >= 4 is 11.8 Å². The van der Waals surface area contributed by atoms with Gasteiger partial charge in [-0.2, -0.15) is 11.8 Å². The van der Waals surface area contributed by atoms with Gasteiger partial charge in [0, 0.05) is 24.6 Å². The van der Waals surface area contributed by atoms with Crippen molar-refractivity contribution in [3.63, 3.8) is 0 Å². The van der Waals surface area contributed by atoms with Crippen LogP contribution in [0.25, 0.3) is 0 Å². The zero-order valence-corrected chi connectivity index (χ0v) is 11.3. The molecule has 0 aromatic carbocycles. The summed E-state index contributed by atoms with van der Waals surface area (Å²) in [5, 5.41) is 0. The maximum atomic E-state index is 2.66. The summed E-state index contributed by atoms with van der Waals surface area (Å²) in [6.45, 7) is 8.07. The van der Waals surface area contributed by atoms with Gasteiger partial charge in [-0.1, -0.05) is 6.42 Å². The van der Waals surface area contributed by atoms with Crippen LogP contribution >= 0.6 is 11.8 Å². The lowest BCUT2D eigenvalue weighted by Crippen LogP contribution is -2.34. The van der Waals surface area contributed by atoms with Gasteiger partial charge in [0.15, 0.2) is 0 Å². The number of piperidine rings is 1. The van der Waals surface area contributed by atoms with E-state index in [4.69, 9.17) is 0 Å². The summed E-state index contributed by atoms with van der Waals surface area (Å²) in [6.07, 6.45) is 7.14. The Morgan fingerprint density at radius 1 is 0.688 bits per heavy atom. The third kappa shape index (κ3) is 4.64. The largest absolute Gasteiger partial charge is 0.303 e. The Kier molecular flexibility index (Phi) is 6.02. The van der Waals surface area contributed by atoms with E-state index in [9.17, 15) is 0 Å². The van der Waals surface area contributed by atoms with Crippen LogP contribution in [0, 0.1) is 0 Å². The van der Waals surface area contributed by atoms with Gasteiger partial charge < -0.3 is 9.80 Å². The number of hydrogen-bond acceptors (Lipinski definition) is 3. The summed E-state index contributed by atoms with van der Waals surface area (Å²) in [6, 6.07) is 0. The number of hydrogen-bond donors (Lipinski definition) is 0. The van der Waals surface area contributed by atoms with Crippen LogP contribution in [0.4, 0.5) is 0 Å². The molecular formula is C13H26N2S. The van der Waals surface area contributed by atoms with Crippen LogP contribution in [0.15, 0.2) is 0 Å². The Balaban J connectivity index is 1.47. The maximum absolute atomic E-state index is 2.66. The van der Waals surface area contributed by atoms with Gasteiger partial charge in [-0.05, 0) is 51.9 Å². The van der Waals surface area contributed by atoms with Gasteiger partial charge in [-0.3, -0.25) is 0 Å². The van der Waals surface area contributed by atoms with Gasteiger partial charge in [0.25, 0.3) is 0 Å². The Bertz CT molecular complexity index is 155. The van der Waals surface area contributed by atoms with Gasteiger partial charge in [0.05, 0.1) is 0 Å². The van der Waals surface area contributed by atoms with E-state index >= 15 is 0 Å². The summed E-state index contributed by atoms with van der Waals surface area (Å²) in [7, 11) is 0. The molecule has 0 saturated carbocycles. The van der Waals surface area contributed by atoms with Crippen LogP contribution in [-0.2, 0) is 0 Å². The van der Waals surface area contributed by atoms with Gasteiger partial charge in [-0.25, -0.2) is 0 Å². The standard InChI is InChI=1S/C13H26N2S/c1-2-6-14(7-3-1)8-4-5-9-15-10-12-16-13-11-15/h1-13H2. The van der Waals surface area contributed by atoms with E-state index in [1.165, 1.54) is 82.9 Å².